The summed E-state index contributed by atoms with van der Waals surface area (Å²) >= 11 is 0. The number of carbonyl (C=O) groups excluding carboxylic acids is 1. The van der Waals surface area contributed by atoms with Crippen LogP contribution in [0.2, 0.25) is 0 Å². The summed E-state index contributed by atoms with van der Waals surface area (Å²) in [6.07, 6.45) is 2.52. The van der Waals surface area contributed by atoms with Gasteiger partial charge in [0.25, 0.3) is 0 Å². The van der Waals surface area contributed by atoms with Gasteiger partial charge in [-0.25, -0.2) is 9.18 Å². The molecule has 2 atom stereocenters. The van der Waals surface area contributed by atoms with Gasteiger partial charge in [-0.15, -0.1) is 6.58 Å². The van der Waals surface area contributed by atoms with Crippen LogP contribution in [0.1, 0.15) is 36.9 Å². The van der Waals surface area contributed by atoms with Crippen LogP contribution in [-0.4, -0.2) is 17.5 Å². The molecule has 0 saturated carbocycles. The lowest BCUT2D eigenvalue weighted by molar-refractivity contribution is -0.0588. The first-order valence-corrected chi connectivity index (χ1v) is 8.47. The van der Waals surface area contributed by atoms with Crippen LogP contribution < -0.4 is 0 Å². The van der Waals surface area contributed by atoms with Gasteiger partial charge >= 0.3 is 6.09 Å². The van der Waals surface area contributed by atoms with Gasteiger partial charge in [0.15, 0.2) is 0 Å². The number of benzene rings is 2. The quantitative estimate of drug-likeness (QED) is 0.701. The molecule has 0 radical (unpaired) electrons. The van der Waals surface area contributed by atoms with E-state index in [9.17, 15) is 9.18 Å². The number of carbonyl (C=O) groups is 1. The topological polar surface area (TPSA) is 29.5 Å². The second-order valence-corrected chi connectivity index (χ2v) is 6.39. The molecule has 130 valence electrons. The van der Waals surface area contributed by atoms with E-state index in [1.165, 1.54) is 12.1 Å². The van der Waals surface area contributed by atoms with Gasteiger partial charge < -0.3 is 9.64 Å². The van der Waals surface area contributed by atoms with Crippen LogP contribution in [0.15, 0.2) is 67.3 Å². The van der Waals surface area contributed by atoms with Crippen LogP contribution in [0.3, 0.4) is 0 Å². The second-order valence-electron chi connectivity index (χ2n) is 6.39. The molecule has 0 spiro atoms. The van der Waals surface area contributed by atoms with Crippen LogP contribution in [0.4, 0.5) is 9.18 Å². The van der Waals surface area contributed by atoms with E-state index in [0.29, 0.717) is 19.4 Å². The number of ether oxygens (including phenoxy) is 1. The summed E-state index contributed by atoms with van der Waals surface area (Å²) in [7, 11) is 0. The predicted molar refractivity (Wildman–Crippen MR) is 95.6 cm³/mol. The molecule has 3 rings (SSSR count). The SMILES string of the molecule is C=CC[C@]1(c2ccc(F)cc2)CCN([C@@H](C)c2ccccc2)C(=O)O1. The Kier molecular flexibility index (Phi) is 4.88. The monoisotopic (exact) mass is 339 g/mol. The van der Waals surface area contributed by atoms with Gasteiger partial charge in [-0.1, -0.05) is 48.5 Å². The Labute approximate surface area is 147 Å². The molecule has 2 aromatic rings. The van der Waals surface area contributed by atoms with E-state index in [0.717, 1.165) is 11.1 Å². The fourth-order valence-corrected chi connectivity index (χ4v) is 3.38. The molecule has 25 heavy (non-hydrogen) atoms. The summed E-state index contributed by atoms with van der Waals surface area (Å²) in [5, 5.41) is 0. The molecule has 1 heterocycles. The maximum Gasteiger partial charge on any atom is 0.411 e. The molecule has 3 nitrogen and oxygen atoms in total. The lowest BCUT2D eigenvalue weighted by Gasteiger charge is -2.43. The molecule has 0 N–H and O–H groups in total. The highest BCUT2D eigenvalue weighted by molar-refractivity contribution is 5.70. The number of halogens is 1. The zero-order valence-electron chi connectivity index (χ0n) is 14.3. The normalized spacial score (nSPS) is 21.5. The van der Waals surface area contributed by atoms with Gasteiger partial charge in [-0.3, -0.25) is 0 Å². The predicted octanol–water partition coefficient (Wildman–Crippen LogP) is 5.20. The summed E-state index contributed by atoms with van der Waals surface area (Å²) in [6, 6.07) is 16.0. The van der Waals surface area contributed by atoms with Crippen molar-refractivity contribution in [3.63, 3.8) is 0 Å². The minimum atomic E-state index is -0.778. The summed E-state index contributed by atoms with van der Waals surface area (Å²) < 4.78 is 19.1. The maximum atomic E-state index is 13.3. The maximum absolute atomic E-state index is 13.3. The van der Waals surface area contributed by atoms with Crippen molar-refractivity contribution in [3.8, 4) is 0 Å². The number of nitrogens with zero attached hydrogens (tertiary/aromatic N) is 1. The molecule has 4 heteroatoms. The van der Waals surface area contributed by atoms with Gasteiger partial charge in [0.2, 0.25) is 0 Å². The number of rotatable bonds is 5. The van der Waals surface area contributed by atoms with Gasteiger partial charge in [-0.05, 0) is 30.2 Å². The number of amides is 1. The van der Waals surface area contributed by atoms with Crippen LogP contribution in [0.5, 0.6) is 0 Å². The average molecular weight is 339 g/mol. The van der Waals surface area contributed by atoms with E-state index in [-0.39, 0.29) is 18.0 Å². The first-order chi connectivity index (χ1) is 12.1. The Bertz CT molecular complexity index is 744. The van der Waals surface area contributed by atoms with E-state index >= 15 is 0 Å². The van der Waals surface area contributed by atoms with Gasteiger partial charge in [0.05, 0.1) is 6.04 Å². The Morgan fingerprint density at radius 1 is 1.24 bits per heavy atom. The average Bonchev–Trinajstić information content (AvgIpc) is 2.63. The number of cyclic esters (lactones) is 1. The largest absolute Gasteiger partial charge is 0.437 e. The van der Waals surface area contributed by atoms with Gasteiger partial charge in [-0.2, -0.15) is 0 Å². The van der Waals surface area contributed by atoms with Crippen molar-refractivity contribution >= 4 is 6.09 Å². The second kappa shape index (κ2) is 7.09. The molecule has 0 bridgehead atoms. The zero-order valence-corrected chi connectivity index (χ0v) is 14.3. The fourth-order valence-electron chi connectivity index (χ4n) is 3.38. The molecule has 0 unspecified atom stereocenters. The molecular formula is C21H22FNO2. The van der Waals surface area contributed by atoms with Crippen molar-refractivity contribution in [2.24, 2.45) is 0 Å². The third-order valence-corrected chi connectivity index (χ3v) is 4.87. The number of hydrogen-bond donors (Lipinski definition) is 0. The molecule has 0 aliphatic carbocycles. The highest BCUT2D eigenvalue weighted by Crippen LogP contribution is 2.39. The van der Waals surface area contributed by atoms with Crippen LogP contribution in [0, 0.1) is 5.82 Å². The van der Waals surface area contributed by atoms with Crippen molar-refractivity contribution < 1.29 is 13.9 Å². The Morgan fingerprint density at radius 2 is 1.92 bits per heavy atom. The first kappa shape index (κ1) is 17.2. The summed E-state index contributed by atoms with van der Waals surface area (Å²) in [5.41, 5.74) is 1.09. The van der Waals surface area contributed by atoms with Crippen LogP contribution in [-0.2, 0) is 10.3 Å². The smallest absolute Gasteiger partial charge is 0.411 e. The van der Waals surface area contributed by atoms with E-state index in [4.69, 9.17) is 4.74 Å². The highest BCUT2D eigenvalue weighted by Gasteiger charge is 2.42. The van der Waals surface area contributed by atoms with Crippen molar-refractivity contribution in [1.82, 2.24) is 4.90 Å². The molecule has 2 aromatic carbocycles. The van der Waals surface area contributed by atoms with E-state index in [2.05, 4.69) is 6.58 Å². The Hall–Kier alpha value is -2.62. The minimum Gasteiger partial charge on any atom is -0.437 e. The number of hydrogen-bond acceptors (Lipinski definition) is 2. The Balaban J connectivity index is 1.84. The van der Waals surface area contributed by atoms with Crippen LogP contribution in [0.25, 0.3) is 0 Å². The summed E-state index contributed by atoms with van der Waals surface area (Å²) in [6.45, 7) is 6.36. The van der Waals surface area contributed by atoms with Gasteiger partial charge in [0, 0.05) is 19.4 Å². The lowest BCUT2D eigenvalue weighted by Crippen LogP contribution is -2.48. The molecule has 1 amide bonds. The third-order valence-electron chi connectivity index (χ3n) is 4.87. The first-order valence-electron chi connectivity index (χ1n) is 8.47. The standard InChI is InChI=1S/C21H22FNO2/c1-3-13-21(18-9-11-19(22)12-10-18)14-15-23(20(24)25-21)16(2)17-7-5-4-6-8-17/h3-12,16H,1,13-15H2,2H3/t16-,21+/m0/s1. The molecule has 1 aliphatic rings. The van der Waals surface area contributed by atoms with Crippen molar-refractivity contribution in [2.75, 3.05) is 6.54 Å². The Morgan fingerprint density at radius 3 is 2.52 bits per heavy atom. The zero-order chi connectivity index (χ0) is 17.9. The van der Waals surface area contributed by atoms with E-state index in [1.807, 2.05) is 37.3 Å². The summed E-state index contributed by atoms with van der Waals surface area (Å²) in [4.78, 5) is 14.5. The highest BCUT2D eigenvalue weighted by atomic mass is 19.1. The molecule has 1 saturated heterocycles. The lowest BCUT2D eigenvalue weighted by atomic mass is 9.85. The van der Waals surface area contributed by atoms with Crippen molar-refractivity contribution in [2.45, 2.75) is 31.4 Å². The fraction of sp³-hybridized carbons (Fsp3) is 0.286. The molecular weight excluding hydrogens is 317 g/mol. The molecule has 1 aliphatic heterocycles. The molecule has 0 aromatic heterocycles. The van der Waals surface area contributed by atoms with E-state index in [1.54, 1.807) is 23.1 Å². The third kappa shape index (κ3) is 3.43. The van der Waals surface area contributed by atoms with Gasteiger partial charge in [0.1, 0.15) is 11.4 Å². The van der Waals surface area contributed by atoms with Crippen molar-refractivity contribution in [1.29, 1.82) is 0 Å². The van der Waals surface area contributed by atoms with Crippen molar-refractivity contribution in [3.05, 3.63) is 84.2 Å². The molecule has 1 fully saturated rings. The van der Waals surface area contributed by atoms with Crippen LogP contribution >= 0.6 is 0 Å². The van der Waals surface area contributed by atoms with E-state index < -0.39 is 5.60 Å². The summed E-state index contributed by atoms with van der Waals surface area (Å²) in [5.74, 6) is -0.307. The minimum absolute atomic E-state index is 0.0661.